The van der Waals surface area contributed by atoms with E-state index in [2.05, 4.69) is 5.32 Å². The lowest BCUT2D eigenvalue weighted by molar-refractivity contribution is -0.122. The lowest BCUT2D eigenvalue weighted by Gasteiger charge is -2.19. The number of rotatable bonds is 3. The van der Waals surface area contributed by atoms with Crippen LogP contribution in [0.15, 0.2) is 42.5 Å². The number of ether oxygens (including phenoxy) is 2. The highest BCUT2D eigenvalue weighted by molar-refractivity contribution is 6.03. The van der Waals surface area contributed by atoms with Gasteiger partial charge in [0, 0.05) is 30.4 Å². The lowest BCUT2D eigenvalue weighted by Crippen LogP contribution is -2.28. The number of benzene rings is 2. The van der Waals surface area contributed by atoms with Gasteiger partial charge in [-0.25, -0.2) is 0 Å². The summed E-state index contributed by atoms with van der Waals surface area (Å²) >= 11 is 0. The van der Waals surface area contributed by atoms with Crippen LogP contribution in [0.5, 0.6) is 11.5 Å². The number of fused-ring (bicyclic) bond motifs is 1. The first-order valence-electron chi connectivity index (χ1n) is 8.68. The SMILES string of the molecule is Cc1ccc(N2C[C@H](C(=O)Nc3ccc4c(c3)OCCO4)CC2=O)cc1. The summed E-state index contributed by atoms with van der Waals surface area (Å²) in [5, 5.41) is 2.88. The Labute approximate surface area is 151 Å². The molecule has 6 nitrogen and oxygen atoms in total. The summed E-state index contributed by atoms with van der Waals surface area (Å²) in [7, 11) is 0. The zero-order valence-corrected chi connectivity index (χ0v) is 14.5. The van der Waals surface area contributed by atoms with Crippen molar-refractivity contribution in [1.82, 2.24) is 0 Å². The Morgan fingerprint density at radius 1 is 1.08 bits per heavy atom. The Morgan fingerprint density at radius 3 is 2.58 bits per heavy atom. The predicted molar refractivity (Wildman–Crippen MR) is 97.7 cm³/mol. The van der Waals surface area contributed by atoms with E-state index in [1.165, 1.54) is 0 Å². The monoisotopic (exact) mass is 352 g/mol. The molecule has 4 rings (SSSR count). The summed E-state index contributed by atoms with van der Waals surface area (Å²) in [6, 6.07) is 13.1. The molecule has 0 saturated carbocycles. The van der Waals surface area contributed by atoms with Crippen molar-refractivity contribution in [2.45, 2.75) is 13.3 Å². The van der Waals surface area contributed by atoms with Crippen LogP contribution < -0.4 is 19.7 Å². The van der Waals surface area contributed by atoms with Gasteiger partial charge in [0.1, 0.15) is 13.2 Å². The van der Waals surface area contributed by atoms with E-state index < -0.39 is 0 Å². The van der Waals surface area contributed by atoms with Crippen molar-refractivity contribution in [1.29, 1.82) is 0 Å². The molecule has 0 aliphatic carbocycles. The average molecular weight is 352 g/mol. The molecule has 0 bridgehead atoms. The molecular weight excluding hydrogens is 332 g/mol. The van der Waals surface area contributed by atoms with Gasteiger partial charge in [0.25, 0.3) is 0 Å². The van der Waals surface area contributed by atoms with Crippen LogP contribution >= 0.6 is 0 Å². The zero-order valence-electron chi connectivity index (χ0n) is 14.5. The number of aryl methyl sites for hydroxylation is 1. The van der Waals surface area contributed by atoms with Gasteiger partial charge in [-0.3, -0.25) is 9.59 Å². The molecule has 0 aromatic heterocycles. The predicted octanol–water partition coefficient (Wildman–Crippen LogP) is 2.76. The first-order chi connectivity index (χ1) is 12.6. The minimum Gasteiger partial charge on any atom is -0.486 e. The van der Waals surface area contributed by atoms with E-state index >= 15 is 0 Å². The number of carbonyl (C=O) groups is 2. The van der Waals surface area contributed by atoms with Gasteiger partial charge >= 0.3 is 0 Å². The van der Waals surface area contributed by atoms with Crippen LogP contribution in [0.4, 0.5) is 11.4 Å². The van der Waals surface area contributed by atoms with Gasteiger partial charge in [-0.2, -0.15) is 0 Å². The molecule has 1 atom stereocenters. The first kappa shape index (κ1) is 16.4. The van der Waals surface area contributed by atoms with E-state index in [1.54, 1.807) is 23.1 Å². The molecule has 1 saturated heterocycles. The third-order valence-corrected chi connectivity index (χ3v) is 4.65. The first-order valence-corrected chi connectivity index (χ1v) is 8.68. The molecule has 2 heterocycles. The Morgan fingerprint density at radius 2 is 1.81 bits per heavy atom. The van der Waals surface area contributed by atoms with Crippen molar-refractivity contribution in [3.8, 4) is 11.5 Å². The van der Waals surface area contributed by atoms with Crippen molar-refractivity contribution in [2.75, 3.05) is 30.0 Å². The molecule has 2 aliphatic rings. The molecule has 0 spiro atoms. The van der Waals surface area contributed by atoms with Gasteiger partial charge in [0.05, 0.1) is 5.92 Å². The number of nitrogens with zero attached hydrogens (tertiary/aromatic N) is 1. The molecule has 2 aromatic carbocycles. The van der Waals surface area contributed by atoms with Crippen molar-refractivity contribution < 1.29 is 19.1 Å². The molecule has 0 radical (unpaired) electrons. The van der Waals surface area contributed by atoms with Gasteiger partial charge in [-0.05, 0) is 31.2 Å². The number of carbonyl (C=O) groups excluding carboxylic acids is 2. The fraction of sp³-hybridized carbons (Fsp3) is 0.300. The van der Waals surface area contributed by atoms with Crippen molar-refractivity contribution >= 4 is 23.2 Å². The number of amides is 2. The minimum absolute atomic E-state index is 0.0313. The summed E-state index contributed by atoms with van der Waals surface area (Å²) in [5.41, 5.74) is 2.60. The Bertz CT molecular complexity index is 847. The third kappa shape index (κ3) is 3.22. The van der Waals surface area contributed by atoms with E-state index in [0.717, 1.165) is 11.3 Å². The van der Waals surface area contributed by atoms with Crippen LogP contribution in [-0.4, -0.2) is 31.6 Å². The summed E-state index contributed by atoms with van der Waals surface area (Å²) in [6.45, 7) is 3.40. The van der Waals surface area contributed by atoms with Crippen molar-refractivity contribution in [2.24, 2.45) is 5.92 Å². The normalized spacial score (nSPS) is 18.7. The molecular formula is C20H20N2O4. The number of hydrogen-bond acceptors (Lipinski definition) is 4. The maximum Gasteiger partial charge on any atom is 0.229 e. The number of anilines is 2. The fourth-order valence-corrected chi connectivity index (χ4v) is 3.22. The quantitative estimate of drug-likeness (QED) is 0.922. The highest BCUT2D eigenvalue weighted by Gasteiger charge is 2.35. The second-order valence-corrected chi connectivity index (χ2v) is 6.59. The number of nitrogens with one attached hydrogen (secondary N) is 1. The fourth-order valence-electron chi connectivity index (χ4n) is 3.22. The summed E-state index contributed by atoms with van der Waals surface area (Å²) in [6.07, 6.45) is 0.213. The molecule has 2 aromatic rings. The molecule has 1 fully saturated rings. The highest BCUT2D eigenvalue weighted by atomic mass is 16.6. The highest BCUT2D eigenvalue weighted by Crippen LogP contribution is 2.33. The van der Waals surface area contributed by atoms with Crippen LogP contribution in [0, 0.1) is 12.8 Å². The van der Waals surface area contributed by atoms with E-state index in [-0.39, 0.29) is 24.2 Å². The Kier molecular flexibility index (Phi) is 4.24. The topological polar surface area (TPSA) is 67.9 Å². The maximum atomic E-state index is 12.6. The lowest BCUT2D eigenvalue weighted by atomic mass is 10.1. The van der Waals surface area contributed by atoms with Gasteiger partial charge in [-0.15, -0.1) is 0 Å². The Balaban J connectivity index is 1.44. The van der Waals surface area contributed by atoms with Gasteiger partial charge in [0.15, 0.2) is 11.5 Å². The van der Waals surface area contributed by atoms with Crippen molar-refractivity contribution in [3.05, 3.63) is 48.0 Å². The summed E-state index contributed by atoms with van der Waals surface area (Å²) in [4.78, 5) is 26.6. The molecule has 0 unspecified atom stereocenters. The van der Waals surface area contributed by atoms with Crippen LogP contribution in [0.2, 0.25) is 0 Å². The average Bonchev–Trinajstić information content (AvgIpc) is 3.04. The second-order valence-electron chi connectivity index (χ2n) is 6.59. The maximum absolute atomic E-state index is 12.6. The summed E-state index contributed by atoms with van der Waals surface area (Å²) < 4.78 is 11.0. The largest absolute Gasteiger partial charge is 0.486 e. The molecule has 1 N–H and O–H groups in total. The van der Waals surface area contributed by atoms with E-state index in [1.807, 2.05) is 31.2 Å². The second kappa shape index (κ2) is 6.71. The van der Waals surface area contributed by atoms with Crippen LogP contribution in [0.1, 0.15) is 12.0 Å². The van der Waals surface area contributed by atoms with Gasteiger partial charge in [0.2, 0.25) is 11.8 Å². The molecule has 2 aliphatic heterocycles. The standard InChI is InChI=1S/C20H20N2O4/c1-13-2-5-16(6-3-13)22-12-14(10-19(22)23)20(24)21-15-4-7-17-18(11-15)26-9-8-25-17/h2-7,11,14H,8-10,12H2,1H3,(H,21,24)/t14-/m1/s1. The van der Waals surface area contributed by atoms with E-state index in [4.69, 9.17) is 9.47 Å². The Hall–Kier alpha value is -3.02. The van der Waals surface area contributed by atoms with Gasteiger partial charge < -0.3 is 19.7 Å². The minimum atomic E-state index is -0.378. The van der Waals surface area contributed by atoms with Crippen LogP contribution in [0.3, 0.4) is 0 Å². The van der Waals surface area contributed by atoms with Crippen LogP contribution in [0.25, 0.3) is 0 Å². The molecule has 6 heteroatoms. The van der Waals surface area contributed by atoms with E-state index in [9.17, 15) is 9.59 Å². The third-order valence-electron chi connectivity index (χ3n) is 4.65. The van der Waals surface area contributed by atoms with E-state index in [0.29, 0.717) is 36.9 Å². The number of hydrogen-bond donors (Lipinski definition) is 1. The smallest absolute Gasteiger partial charge is 0.229 e. The molecule has 134 valence electrons. The van der Waals surface area contributed by atoms with Gasteiger partial charge in [-0.1, -0.05) is 17.7 Å². The molecule has 26 heavy (non-hydrogen) atoms. The zero-order chi connectivity index (χ0) is 18.1. The molecule has 2 amide bonds. The summed E-state index contributed by atoms with van der Waals surface area (Å²) in [5.74, 6) is 0.728. The van der Waals surface area contributed by atoms with Crippen molar-refractivity contribution in [3.63, 3.8) is 0 Å². The van der Waals surface area contributed by atoms with Crippen LogP contribution in [-0.2, 0) is 9.59 Å².